The number of rotatable bonds is 3. The van der Waals surface area contributed by atoms with Crippen molar-refractivity contribution in [1.29, 1.82) is 0 Å². The smallest absolute Gasteiger partial charge is 0.313 e. The van der Waals surface area contributed by atoms with E-state index in [0.717, 1.165) is 31.2 Å². The first-order valence-electron chi connectivity index (χ1n) is 7.51. The van der Waals surface area contributed by atoms with E-state index in [4.69, 9.17) is 0 Å². The van der Waals surface area contributed by atoms with Crippen LogP contribution in [0, 0.1) is 18.7 Å². The maximum absolute atomic E-state index is 13.6. The molecule has 0 saturated heterocycles. The number of carbonyl (C=O) groups excluding carboxylic acids is 2. The molecule has 2 rings (SSSR count). The quantitative estimate of drug-likeness (QED) is 0.744. The fourth-order valence-electron chi connectivity index (χ4n) is 2.63. The Balaban J connectivity index is 1.85. The Bertz CT molecular complexity index is 562. The van der Waals surface area contributed by atoms with Gasteiger partial charge >= 0.3 is 11.8 Å². The third kappa shape index (κ3) is 4.27. The zero-order valence-corrected chi connectivity index (χ0v) is 12.6. The fraction of sp³-hybridized carbons (Fsp3) is 0.500. The molecule has 6 heteroatoms. The zero-order chi connectivity index (χ0) is 16.1. The first kappa shape index (κ1) is 16.4. The monoisotopic (exact) mass is 308 g/mol. The lowest BCUT2D eigenvalue weighted by Crippen LogP contribution is -2.41. The number of halogens is 1. The van der Waals surface area contributed by atoms with Gasteiger partial charge in [-0.25, -0.2) is 4.39 Å². The molecule has 2 amide bonds. The van der Waals surface area contributed by atoms with Gasteiger partial charge in [-0.2, -0.15) is 0 Å². The molecule has 2 atom stereocenters. The number of aliphatic hydroxyl groups is 1. The van der Waals surface area contributed by atoms with E-state index in [1.54, 1.807) is 13.0 Å². The van der Waals surface area contributed by atoms with Crippen LogP contribution in [0.5, 0.6) is 0 Å². The van der Waals surface area contributed by atoms with Gasteiger partial charge in [0.15, 0.2) is 0 Å². The Kier molecular flexibility index (Phi) is 5.49. The second-order valence-corrected chi connectivity index (χ2v) is 5.76. The molecule has 0 unspecified atom stereocenters. The lowest BCUT2D eigenvalue weighted by molar-refractivity contribution is -0.136. The summed E-state index contributed by atoms with van der Waals surface area (Å²) in [7, 11) is 0. The molecule has 1 aromatic carbocycles. The van der Waals surface area contributed by atoms with Crippen LogP contribution in [-0.2, 0) is 9.59 Å². The van der Waals surface area contributed by atoms with Crippen LogP contribution in [0.15, 0.2) is 18.2 Å². The van der Waals surface area contributed by atoms with E-state index in [0.29, 0.717) is 0 Å². The Hall–Kier alpha value is -1.95. The average Bonchev–Trinajstić information content (AvgIpc) is 2.49. The number of anilines is 1. The summed E-state index contributed by atoms with van der Waals surface area (Å²) in [5.74, 6) is -2.34. The highest BCUT2D eigenvalue weighted by molar-refractivity contribution is 6.39. The molecule has 0 aliphatic heterocycles. The summed E-state index contributed by atoms with van der Waals surface area (Å²) in [5, 5.41) is 14.6. The fourth-order valence-corrected chi connectivity index (χ4v) is 2.63. The SMILES string of the molecule is Cc1ccc(NC(=O)C(=O)NC[C@H]2CCCC[C@@H]2O)c(F)c1. The lowest BCUT2D eigenvalue weighted by atomic mass is 9.86. The summed E-state index contributed by atoms with van der Waals surface area (Å²) in [6, 6.07) is 4.35. The van der Waals surface area contributed by atoms with Crippen molar-refractivity contribution in [2.45, 2.75) is 38.7 Å². The molecule has 5 nitrogen and oxygen atoms in total. The lowest BCUT2D eigenvalue weighted by Gasteiger charge is -2.27. The van der Waals surface area contributed by atoms with Gasteiger partial charge in [0.05, 0.1) is 11.8 Å². The molecule has 0 heterocycles. The van der Waals surface area contributed by atoms with Gasteiger partial charge in [-0.15, -0.1) is 0 Å². The number of benzene rings is 1. The van der Waals surface area contributed by atoms with E-state index >= 15 is 0 Å². The number of aryl methyl sites for hydroxylation is 1. The Morgan fingerprint density at radius 3 is 2.68 bits per heavy atom. The second-order valence-electron chi connectivity index (χ2n) is 5.76. The number of carbonyl (C=O) groups is 2. The topological polar surface area (TPSA) is 78.4 Å². The molecule has 1 aliphatic rings. The molecule has 0 radical (unpaired) electrons. The number of nitrogens with one attached hydrogen (secondary N) is 2. The molecule has 1 aromatic rings. The van der Waals surface area contributed by atoms with Crippen molar-refractivity contribution in [2.75, 3.05) is 11.9 Å². The summed E-state index contributed by atoms with van der Waals surface area (Å²) in [6.45, 7) is 1.99. The predicted molar refractivity (Wildman–Crippen MR) is 80.7 cm³/mol. The van der Waals surface area contributed by atoms with Crippen LogP contribution < -0.4 is 10.6 Å². The third-order valence-corrected chi connectivity index (χ3v) is 3.97. The molecule has 3 N–H and O–H groups in total. The van der Waals surface area contributed by atoms with Gasteiger partial charge in [0.2, 0.25) is 0 Å². The summed E-state index contributed by atoms with van der Waals surface area (Å²) >= 11 is 0. The van der Waals surface area contributed by atoms with E-state index in [1.807, 2.05) is 0 Å². The molecule has 1 fully saturated rings. The highest BCUT2D eigenvalue weighted by Crippen LogP contribution is 2.23. The first-order chi connectivity index (χ1) is 10.5. The standard InChI is InChI=1S/C16H21FN2O3/c1-10-6-7-13(12(17)8-10)19-16(22)15(21)18-9-11-4-2-3-5-14(11)20/h6-8,11,14,20H,2-5,9H2,1H3,(H,18,21)(H,19,22)/t11-,14+/m1/s1. The van der Waals surface area contributed by atoms with Crippen LogP contribution >= 0.6 is 0 Å². The van der Waals surface area contributed by atoms with Crippen LogP contribution in [-0.4, -0.2) is 29.6 Å². The van der Waals surface area contributed by atoms with E-state index in [1.165, 1.54) is 12.1 Å². The van der Waals surface area contributed by atoms with Crippen molar-refractivity contribution in [3.63, 3.8) is 0 Å². The molecular formula is C16H21FN2O3. The van der Waals surface area contributed by atoms with Crippen molar-refractivity contribution in [3.8, 4) is 0 Å². The van der Waals surface area contributed by atoms with E-state index in [-0.39, 0.29) is 18.2 Å². The van der Waals surface area contributed by atoms with Crippen LogP contribution in [0.1, 0.15) is 31.2 Å². The van der Waals surface area contributed by atoms with Gasteiger partial charge in [0, 0.05) is 12.5 Å². The normalized spacial score (nSPS) is 21.2. The molecule has 1 saturated carbocycles. The Morgan fingerprint density at radius 2 is 2.00 bits per heavy atom. The van der Waals surface area contributed by atoms with Gasteiger partial charge in [-0.05, 0) is 37.5 Å². The summed E-state index contributed by atoms with van der Waals surface area (Å²) in [4.78, 5) is 23.5. The molecule has 120 valence electrons. The van der Waals surface area contributed by atoms with Gasteiger partial charge in [-0.1, -0.05) is 18.9 Å². The molecule has 1 aliphatic carbocycles. The van der Waals surface area contributed by atoms with Crippen molar-refractivity contribution >= 4 is 17.5 Å². The number of aliphatic hydroxyl groups excluding tert-OH is 1. The summed E-state index contributed by atoms with van der Waals surface area (Å²) in [5.41, 5.74) is 0.703. The van der Waals surface area contributed by atoms with Crippen LogP contribution in [0.4, 0.5) is 10.1 Å². The molecular weight excluding hydrogens is 287 g/mol. The summed E-state index contributed by atoms with van der Waals surface area (Å²) in [6.07, 6.45) is 3.11. The van der Waals surface area contributed by atoms with Crippen molar-refractivity contribution in [2.24, 2.45) is 5.92 Å². The van der Waals surface area contributed by atoms with Crippen LogP contribution in [0.2, 0.25) is 0 Å². The van der Waals surface area contributed by atoms with Crippen molar-refractivity contribution < 1.29 is 19.1 Å². The number of hydrogen-bond donors (Lipinski definition) is 3. The van der Waals surface area contributed by atoms with E-state index in [2.05, 4.69) is 10.6 Å². The van der Waals surface area contributed by atoms with Crippen LogP contribution in [0.3, 0.4) is 0 Å². The zero-order valence-electron chi connectivity index (χ0n) is 12.6. The maximum atomic E-state index is 13.6. The van der Waals surface area contributed by atoms with Crippen molar-refractivity contribution in [3.05, 3.63) is 29.6 Å². The van der Waals surface area contributed by atoms with Gasteiger partial charge in [-0.3, -0.25) is 9.59 Å². The largest absolute Gasteiger partial charge is 0.393 e. The minimum atomic E-state index is -0.909. The minimum absolute atomic E-state index is 0.0246. The Labute approximate surface area is 128 Å². The van der Waals surface area contributed by atoms with E-state index in [9.17, 15) is 19.1 Å². The average molecular weight is 308 g/mol. The molecule has 0 aromatic heterocycles. The van der Waals surface area contributed by atoms with Crippen LogP contribution in [0.25, 0.3) is 0 Å². The predicted octanol–water partition coefficient (Wildman–Crippen LogP) is 1.74. The first-order valence-corrected chi connectivity index (χ1v) is 7.51. The second kappa shape index (κ2) is 7.35. The maximum Gasteiger partial charge on any atom is 0.313 e. The molecule has 22 heavy (non-hydrogen) atoms. The number of amides is 2. The van der Waals surface area contributed by atoms with Gasteiger partial charge in [0.1, 0.15) is 5.82 Å². The van der Waals surface area contributed by atoms with Gasteiger partial charge in [0.25, 0.3) is 0 Å². The van der Waals surface area contributed by atoms with E-state index < -0.39 is 23.7 Å². The number of hydrogen-bond acceptors (Lipinski definition) is 3. The van der Waals surface area contributed by atoms with Gasteiger partial charge < -0.3 is 15.7 Å². The highest BCUT2D eigenvalue weighted by Gasteiger charge is 2.24. The highest BCUT2D eigenvalue weighted by atomic mass is 19.1. The third-order valence-electron chi connectivity index (χ3n) is 3.97. The van der Waals surface area contributed by atoms with Crippen molar-refractivity contribution in [1.82, 2.24) is 5.32 Å². The summed E-state index contributed by atoms with van der Waals surface area (Å²) < 4.78 is 13.6. The molecule has 0 spiro atoms. The minimum Gasteiger partial charge on any atom is -0.393 e. The molecule has 0 bridgehead atoms. The Morgan fingerprint density at radius 1 is 1.27 bits per heavy atom.